The number of anilines is 1. The molecule has 1 saturated heterocycles. The Hall–Kier alpha value is -2.71. The van der Waals surface area contributed by atoms with Crippen molar-refractivity contribution in [3.05, 3.63) is 58.0 Å². The minimum atomic E-state index is -0.476. The second-order valence-corrected chi connectivity index (χ2v) is 6.41. The van der Waals surface area contributed by atoms with Crippen molar-refractivity contribution >= 4 is 17.3 Å². The number of nitrogens with zero attached hydrogens (tertiary/aromatic N) is 3. The molecule has 1 aliphatic rings. The number of piperazine rings is 1. The average molecular weight is 358 g/mol. The van der Waals surface area contributed by atoms with E-state index in [1.165, 1.54) is 6.07 Å². The Labute approximate surface area is 151 Å². The molecule has 138 valence electrons. The maximum absolute atomic E-state index is 12.3. The highest BCUT2D eigenvalue weighted by Crippen LogP contribution is 2.27. The lowest BCUT2D eigenvalue weighted by atomic mass is 10.1. The Bertz CT molecular complexity index is 768. The molecule has 0 radical (unpaired) electrons. The first-order chi connectivity index (χ1) is 12.5. The number of hydrogen-bond acceptors (Lipinski definition) is 6. The molecule has 1 amide bonds. The van der Waals surface area contributed by atoms with Gasteiger partial charge in [-0.15, -0.1) is 0 Å². The molecule has 0 unspecified atom stereocenters. The number of nitrogens with one attached hydrogen (secondary N) is 1. The molecule has 1 aromatic carbocycles. The molecule has 0 bridgehead atoms. The van der Waals surface area contributed by atoms with Crippen LogP contribution in [0.3, 0.4) is 0 Å². The predicted octanol–water partition coefficient (Wildman–Crippen LogP) is 2.25. The fraction of sp³-hybridized carbons (Fsp3) is 0.389. The van der Waals surface area contributed by atoms with E-state index in [0.717, 1.165) is 38.5 Å². The number of nitro groups is 1. The van der Waals surface area contributed by atoms with Crippen molar-refractivity contribution < 1.29 is 14.1 Å². The van der Waals surface area contributed by atoms with Crippen molar-refractivity contribution in [1.29, 1.82) is 0 Å². The number of amides is 1. The van der Waals surface area contributed by atoms with E-state index < -0.39 is 4.92 Å². The number of nitro benzene ring substituents is 1. The van der Waals surface area contributed by atoms with Crippen molar-refractivity contribution in [3.8, 4) is 0 Å². The van der Waals surface area contributed by atoms with Crippen LogP contribution in [0.1, 0.15) is 11.3 Å². The molecular weight excluding hydrogens is 336 g/mol. The van der Waals surface area contributed by atoms with Crippen LogP contribution < -0.4 is 5.32 Å². The van der Waals surface area contributed by atoms with Gasteiger partial charge in [0.2, 0.25) is 5.91 Å². The van der Waals surface area contributed by atoms with Crippen molar-refractivity contribution in [2.75, 3.05) is 38.0 Å². The van der Waals surface area contributed by atoms with E-state index in [9.17, 15) is 14.9 Å². The summed E-state index contributed by atoms with van der Waals surface area (Å²) in [6.07, 6.45) is 1.67. The molecule has 0 saturated carbocycles. The van der Waals surface area contributed by atoms with Crippen molar-refractivity contribution in [2.24, 2.45) is 0 Å². The summed E-state index contributed by atoms with van der Waals surface area (Å²) in [6.45, 7) is 5.96. The Morgan fingerprint density at radius 3 is 2.58 bits per heavy atom. The molecule has 1 N–H and O–H groups in total. The van der Waals surface area contributed by atoms with Crippen LogP contribution in [-0.4, -0.2) is 53.4 Å². The zero-order valence-electron chi connectivity index (χ0n) is 14.7. The summed E-state index contributed by atoms with van der Waals surface area (Å²) in [7, 11) is 0. The van der Waals surface area contributed by atoms with Gasteiger partial charge in [0.15, 0.2) is 0 Å². The van der Waals surface area contributed by atoms with Gasteiger partial charge in [0.25, 0.3) is 5.69 Å². The molecule has 0 aliphatic carbocycles. The Morgan fingerprint density at radius 2 is 1.92 bits per heavy atom. The maximum atomic E-state index is 12.3. The zero-order valence-corrected chi connectivity index (χ0v) is 14.7. The van der Waals surface area contributed by atoms with Gasteiger partial charge in [-0.25, -0.2) is 0 Å². The SMILES string of the molecule is Cc1cccc([N+](=O)[O-])c1NC(=O)CN1CCN(Cc2ccco2)CC1. The van der Waals surface area contributed by atoms with E-state index in [0.29, 0.717) is 5.56 Å². The third kappa shape index (κ3) is 4.47. The second-order valence-electron chi connectivity index (χ2n) is 6.41. The van der Waals surface area contributed by atoms with Crippen LogP contribution in [0, 0.1) is 17.0 Å². The maximum Gasteiger partial charge on any atom is 0.293 e. The number of aryl methyl sites for hydroxylation is 1. The van der Waals surface area contributed by atoms with Gasteiger partial charge in [0, 0.05) is 32.2 Å². The Morgan fingerprint density at radius 1 is 1.19 bits per heavy atom. The van der Waals surface area contributed by atoms with Gasteiger partial charge in [0.1, 0.15) is 11.4 Å². The van der Waals surface area contributed by atoms with E-state index >= 15 is 0 Å². The first kappa shape index (κ1) is 18.1. The fourth-order valence-corrected chi connectivity index (χ4v) is 3.08. The highest BCUT2D eigenvalue weighted by atomic mass is 16.6. The van der Waals surface area contributed by atoms with E-state index in [1.807, 2.05) is 12.1 Å². The highest BCUT2D eigenvalue weighted by Gasteiger charge is 2.22. The van der Waals surface area contributed by atoms with Crippen LogP contribution in [0.4, 0.5) is 11.4 Å². The number of rotatable bonds is 6. The van der Waals surface area contributed by atoms with Gasteiger partial charge < -0.3 is 9.73 Å². The molecule has 3 rings (SSSR count). The monoisotopic (exact) mass is 358 g/mol. The number of carbonyl (C=O) groups excluding carboxylic acids is 1. The van der Waals surface area contributed by atoms with Crippen molar-refractivity contribution in [2.45, 2.75) is 13.5 Å². The number of furan rings is 1. The van der Waals surface area contributed by atoms with Gasteiger partial charge in [-0.2, -0.15) is 0 Å². The van der Waals surface area contributed by atoms with Crippen LogP contribution >= 0.6 is 0 Å². The minimum absolute atomic E-state index is 0.0818. The third-order valence-electron chi connectivity index (χ3n) is 4.50. The van der Waals surface area contributed by atoms with Crippen LogP contribution in [0.5, 0.6) is 0 Å². The Balaban J connectivity index is 1.51. The normalized spacial score (nSPS) is 15.7. The van der Waals surface area contributed by atoms with Crippen LogP contribution in [0.15, 0.2) is 41.0 Å². The molecule has 0 atom stereocenters. The van der Waals surface area contributed by atoms with E-state index in [2.05, 4.69) is 15.1 Å². The largest absolute Gasteiger partial charge is 0.468 e. The smallest absolute Gasteiger partial charge is 0.293 e. The van der Waals surface area contributed by atoms with Crippen LogP contribution in [0.25, 0.3) is 0 Å². The fourth-order valence-electron chi connectivity index (χ4n) is 3.08. The standard InChI is InChI=1S/C18H22N4O4/c1-14-4-2-6-16(22(24)25)18(14)19-17(23)13-21-9-7-20(8-10-21)12-15-5-3-11-26-15/h2-6,11H,7-10,12-13H2,1H3,(H,19,23). The van der Waals surface area contributed by atoms with Gasteiger partial charge in [-0.3, -0.25) is 24.7 Å². The Kier molecular flexibility index (Phi) is 5.65. The quantitative estimate of drug-likeness (QED) is 0.629. The van der Waals surface area contributed by atoms with Gasteiger partial charge in [0.05, 0.1) is 24.3 Å². The molecule has 2 heterocycles. The summed E-state index contributed by atoms with van der Waals surface area (Å²) < 4.78 is 5.36. The number of hydrogen-bond donors (Lipinski definition) is 1. The van der Waals surface area contributed by atoms with Crippen LogP contribution in [-0.2, 0) is 11.3 Å². The summed E-state index contributed by atoms with van der Waals surface area (Å²) >= 11 is 0. The minimum Gasteiger partial charge on any atom is -0.468 e. The number of carbonyl (C=O) groups is 1. The van der Waals surface area contributed by atoms with Crippen molar-refractivity contribution in [3.63, 3.8) is 0 Å². The van der Waals surface area contributed by atoms with E-state index in [-0.39, 0.29) is 23.8 Å². The molecule has 1 aromatic heterocycles. The third-order valence-corrected chi connectivity index (χ3v) is 4.50. The molecule has 2 aromatic rings. The first-order valence-electron chi connectivity index (χ1n) is 8.54. The van der Waals surface area contributed by atoms with Gasteiger partial charge >= 0.3 is 0 Å². The lowest BCUT2D eigenvalue weighted by molar-refractivity contribution is -0.384. The van der Waals surface area contributed by atoms with Crippen molar-refractivity contribution in [1.82, 2.24) is 9.80 Å². The second kappa shape index (κ2) is 8.11. The van der Waals surface area contributed by atoms with E-state index in [4.69, 9.17) is 4.42 Å². The number of benzene rings is 1. The van der Waals surface area contributed by atoms with Gasteiger partial charge in [-0.1, -0.05) is 12.1 Å². The lowest BCUT2D eigenvalue weighted by Crippen LogP contribution is -2.48. The topological polar surface area (TPSA) is 91.9 Å². The summed E-state index contributed by atoms with van der Waals surface area (Å²) in [4.78, 5) is 27.3. The van der Waals surface area contributed by atoms with Crippen LogP contribution in [0.2, 0.25) is 0 Å². The lowest BCUT2D eigenvalue weighted by Gasteiger charge is -2.33. The molecule has 1 aliphatic heterocycles. The zero-order chi connectivity index (χ0) is 18.5. The molecule has 1 fully saturated rings. The molecule has 0 spiro atoms. The summed E-state index contributed by atoms with van der Waals surface area (Å²) in [6, 6.07) is 8.59. The molecule has 26 heavy (non-hydrogen) atoms. The molecular formula is C18H22N4O4. The average Bonchev–Trinajstić information content (AvgIpc) is 3.11. The summed E-state index contributed by atoms with van der Waals surface area (Å²) in [5, 5.41) is 13.8. The number of para-hydroxylation sites is 1. The first-order valence-corrected chi connectivity index (χ1v) is 8.54. The van der Waals surface area contributed by atoms with Gasteiger partial charge in [-0.05, 0) is 24.6 Å². The molecule has 8 nitrogen and oxygen atoms in total. The summed E-state index contributed by atoms with van der Waals surface area (Å²) in [5.74, 6) is 0.699. The summed E-state index contributed by atoms with van der Waals surface area (Å²) in [5.41, 5.74) is 0.872. The highest BCUT2D eigenvalue weighted by molar-refractivity contribution is 5.95. The van der Waals surface area contributed by atoms with E-state index in [1.54, 1.807) is 25.3 Å². The molecule has 8 heteroatoms. The predicted molar refractivity (Wildman–Crippen MR) is 96.9 cm³/mol.